The second kappa shape index (κ2) is 7.46. The van der Waals surface area contributed by atoms with E-state index in [0.29, 0.717) is 17.3 Å². The van der Waals surface area contributed by atoms with Crippen LogP contribution >= 0.6 is 0 Å². The summed E-state index contributed by atoms with van der Waals surface area (Å²) in [5.74, 6) is 0.323. The van der Waals surface area contributed by atoms with E-state index in [1.165, 1.54) is 6.92 Å². The van der Waals surface area contributed by atoms with E-state index in [-0.39, 0.29) is 17.7 Å². The molecule has 0 aliphatic rings. The fourth-order valence-electron chi connectivity index (χ4n) is 2.44. The lowest BCUT2D eigenvalue weighted by Crippen LogP contribution is -2.40. The van der Waals surface area contributed by atoms with Crippen LogP contribution in [-0.2, 0) is 10.3 Å². The standard InChI is InChI=1S/C18H24N4O3/c1-11(2)14(19-15(24)13-9-7-6-8-10-13)16-20-17(22-25-16)18(4,5)21-12(3)23/h6-11,14H,1-5H3,(H,19,24)(H,21,23)/t14-/m0/s1. The van der Waals surface area contributed by atoms with Crippen molar-refractivity contribution < 1.29 is 14.1 Å². The molecule has 1 heterocycles. The molecular weight excluding hydrogens is 320 g/mol. The van der Waals surface area contributed by atoms with Gasteiger partial charge in [-0.1, -0.05) is 37.2 Å². The molecule has 25 heavy (non-hydrogen) atoms. The van der Waals surface area contributed by atoms with Gasteiger partial charge in [-0.3, -0.25) is 9.59 Å². The second-order valence-electron chi connectivity index (χ2n) is 6.82. The molecule has 7 heteroatoms. The number of aromatic nitrogens is 2. The largest absolute Gasteiger partial charge is 0.344 e. The van der Waals surface area contributed by atoms with Crippen LogP contribution in [-0.4, -0.2) is 22.0 Å². The topological polar surface area (TPSA) is 97.1 Å². The predicted octanol–water partition coefficient (Wildman–Crippen LogP) is 2.57. The van der Waals surface area contributed by atoms with Gasteiger partial charge in [-0.15, -0.1) is 0 Å². The Hall–Kier alpha value is -2.70. The minimum atomic E-state index is -0.765. The molecule has 0 radical (unpaired) electrons. The Labute approximate surface area is 147 Å². The van der Waals surface area contributed by atoms with Crippen LogP contribution in [0.4, 0.5) is 0 Å². The summed E-state index contributed by atoms with van der Waals surface area (Å²) in [4.78, 5) is 28.1. The van der Waals surface area contributed by atoms with Gasteiger partial charge in [-0.25, -0.2) is 0 Å². The first-order chi connectivity index (χ1) is 11.7. The van der Waals surface area contributed by atoms with E-state index in [2.05, 4.69) is 20.8 Å². The molecule has 0 unspecified atom stereocenters. The molecule has 2 amide bonds. The molecule has 0 aliphatic heterocycles. The Balaban J connectivity index is 2.21. The minimum Gasteiger partial charge on any atom is -0.344 e. The molecule has 0 spiro atoms. The first-order valence-electron chi connectivity index (χ1n) is 8.19. The third-order valence-electron chi connectivity index (χ3n) is 3.74. The van der Waals surface area contributed by atoms with Gasteiger partial charge >= 0.3 is 0 Å². The highest BCUT2D eigenvalue weighted by molar-refractivity contribution is 5.94. The highest BCUT2D eigenvalue weighted by atomic mass is 16.5. The number of benzene rings is 1. The zero-order chi connectivity index (χ0) is 18.6. The van der Waals surface area contributed by atoms with Gasteiger partial charge in [0.15, 0.2) is 5.82 Å². The van der Waals surface area contributed by atoms with Crippen molar-refractivity contribution in [2.45, 2.75) is 46.2 Å². The van der Waals surface area contributed by atoms with Crippen molar-refractivity contribution in [3.8, 4) is 0 Å². The lowest BCUT2D eigenvalue weighted by atomic mass is 10.0. The van der Waals surface area contributed by atoms with Crippen molar-refractivity contribution >= 4 is 11.8 Å². The van der Waals surface area contributed by atoms with Crippen molar-refractivity contribution in [1.29, 1.82) is 0 Å². The number of rotatable bonds is 6. The minimum absolute atomic E-state index is 0.0461. The van der Waals surface area contributed by atoms with Gasteiger partial charge in [0.25, 0.3) is 5.91 Å². The predicted molar refractivity (Wildman–Crippen MR) is 92.6 cm³/mol. The third-order valence-corrected chi connectivity index (χ3v) is 3.74. The maximum Gasteiger partial charge on any atom is 0.251 e. The van der Waals surface area contributed by atoms with E-state index in [9.17, 15) is 9.59 Å². The summed E-state index contributed by atoms with van der Waals surface area (Å²) in [6.45, 7) is 8.92. The summed E-state index contributed by atoms with van der Waals surface area (Å²) in [6, 6.07) is 8.52. The van der Waals surface area contributed by atoms with Gasteiger partial charge < -0.3 is 15.2 Å². The molecule has 0 saturated heterocycles. The van der Waals surface area contributed by atoms with Crippen LogP contribution in [0.25, 0.3) is 0 Å². The fraction of sp³-hybridized carbons (Fsp3) is 0.444. The molecule has 1 atom stereocenters. The lowest BCUT2D eigenvalue weighted by Gasteiger charge is -2.21. The zero-order valence-electron chi connectivity index (χ0n) is 15.2. The molecule has 1 aromatic carbocycles. The Morgan fingerprint density at radius 1 is 1.16 bits per heavy atom. The Morgan fingerprint density at radius 2 is 1.80 bits per heavy atom. The van der Waals surface area contributed by atoms with Gasteiger partial charge in [0.05, 0.1) is 5.54 Å². The number of carbonyl (C=O) groups excluding carboxylic acids is 2. The fourth-order valence-corrected chi connectivity index (χ4v) is 2.44. The van der Waals surface area contributed by atoms with Gasteiger partial charge in [0, 0.05) is 12.5 Å². The molecule has 0 fully saturated rings. The van der Waals surface area contributed by atoms with E-state index in [1.54, 1.807) is 38.1 Å². The van der Waals surface area contributed by atoms with E-state index in [1.807, 2.05) is 19.9 Å². The summed E-state index contributed by atoms with van der Waals surface area (Å²) >= 11 is 0. The third kappa shape index (κ3) is 4.65. The smallest absolute Gasteiger partial charge is 0.251 e. The van der Waals surface area contributed by atoms with E-state index in [0.717, 1.165) is 0 Å². The van der Waals surface area contributed by atoms with E-state index < -0.39 is 11.6 Å². The van der Waals surface area contributed by atoms with Crippen molar-refractivity contribution in [2.24, 2.45) is 5.92 Å². The van der Waals surface area contributed by atoms with E-state index in [4.69, 9.17) is 4.52 Å². The second-order valence-corrected chi connectivity index (χ2v) is 6.82. The van der Waals surface area contributed by atoms with Crippen molar-refractivity contribution in [3.05, 3.63) is 47.6 Å². The van der Waals surface area contributed by atoms with Gasteiger partial charge in [-0.2, -0.15) is 4.98 Å². The van der Waals surface area contributed by atoms with Gasteiger partial charge in [-0.05, 0) is 31.9 Å². The van der Waals surface area contributed by atoms with Crippen LogP contribution < -0.4 is 10.6 Å². The molecule has 134 valence electrons. The average Bonchev–Trinajstić information content (AvgIpc) is 3.02. The van der Waals surface area contributed by atoms with Crippen LogP contribution in [0, 0.1) is 5.92 Å². The molecular formula is C18H24N4O3. The molecule has 2 N–H and O–H groups in total. The SMILES string of the molecule is CC(=O)NC(C)(C)c1noc([C@@H](NC(=O)c2ccccc2)C(C)C)n1. The summed E-state index contributed by atoms with van der Waals surface area (Å²) in [7, 11) is 0. The average molecular weight is 344 g/mol. The number of hydrogen-bond acceptors (Lipinski definition) is 5. The summed E-state index contributed by atoms with van der Waals surface area (Å²) < 4.78 is 5.37. The van der Waals surface area contributed by atoms with Crippen LogP contribution in [0.1, 0.15) is 62.7 Å². The number of hydrogen-bond donors (Lipinski definition) is 2. The molecule has 7 nitrogen and oxygen atoms in total. The Bertz CT molecular complexity index is 738. The molecule has 0 aliphatic carbocycles. The van der Waals surface area contributed by atoms with Gasteiger partial charge in [0.1, 0.15) is 6.04 Å². The first kappa shape index (κ1) is 18.6. The Kier molecular flexibility index (Phi) is 5.56. The zero-order valence-corrected chi connectivity index (χ0v) is 15.2. The summed E-state index contributed by atoms with van der Waals surface area (Å²) in [6.07, 6.45) is 0. The molecule has 2 aromatic rings. The van der Waals surface area contributed by atoms with Crippen LogP contribution in [0.15, 0.2) is 34.9 Å². The molecule has 1 aromatic heterocycles. The first-order valence-corrected chi connectivity index (χ1v) is 8.19. The lowest BCUT2D eigenvalue weighted by molar-refractivity contribution is -0.120. The maximum absolute atomic E-state index is 12.4. The van der Waals surface area contributed by atoms with Gasteiger partial charge in [0.2, 0.25) is 11.8 Å². The quantitative estimate of drug-likeness (QED) is 0.839. The highest BCUT2D eigenvalue weighted by Gasteiger charge is 2.31. The summed E-state index contributed by atoms with van der Waals surface area (Å²) in [5.41, 5.74) is -0.204. The maximum atomic E-state index is 12.4. The summed E-state index contributed by atoms with van der Waals surface area (Å²) in [5, 5.41) is 9.68. The highest BCUT2D eigenvalue weighted by Crippen LogP contribution is 2.24. The van der Waals surface area contributed by atoms with Crippen molar-refractivity contribution in [1.82, 2.24) is 20.8 Å². The molecule has 0 bridgehead atoms. The van der Waals surface area contributed by atoms with Crippen LogP contribution in [0.5, 0.6) is 0 Å². The molecule has 2 rings (SSSR count). The monoisotopic (exact) mass is 344 g/mol. The number of nitrogens with zero attached hydrogens (tertiary/aromatic N) is 2. The van der Waals surface area contributed by atoms with E-state index >= 15 is 0 Å². The van der Waals surface area contributed by atoms with Crippen LogP contribution in [0.2, 0.25) is 0 Å². The Morgan fingerprint density at radius 3 is 2.36 bits per heavy atom. The number of amides is 2. The van der Waals surface area contributed by atoms with Crippen molar-refractivity contribution in [3.63, 3.8) is 0 Å². The van der Waals surface area contributed by atoms with Crippen LogP contribution in [0.3, 0.4) is 0 Å². The number of nitrogens with one attached hydrogen (secondary N) is 2. The molecule has 0 saturated carbocycles. The van der Waals surface area contributed by atoms with Crippen molar-refractivity contribution in [2.75, 3.05) is 0 Å². The number of carbonyl (C=O) groups is 2. The normalized spacial score (nSPS) is 12.7.